The lowest BCUT2D eigenvalue weighted by molar-refractivity contribution is -0.128. The molecule has 1 fully saturated rings. The van der Waals surface area contributed by atoms with Crippen molar-refractivity contribution >= 4 is 35.1 Å². The minimum absolute atomic E-state index is 0.0800. The summed E-state index contributed by atoms with van der Waals surface area (Å²) in [5, 5.41) is 0.0800. The van der Waals surface area contributed by atoms with E-state index in [1.165, 1.54) is 17.8 Å². The molecule has 0 saturated carbocycles. The number of benzene rings is 1. The number of carbonyl (C=O) groups excluding carboxylic acids is 1. The van der Waals surface area contributed by atoms with E-state index in [2.05, 4.69) is 9.88 Å². The zero-order valence-corrected chi connectivity index (χ0v) is 14.6. The molecule has 0 unspecified atom stereocenters. The number of anilines is 1. The van der Waals surface area contributed by atoms with Crippen LogP contribution in [0.2, 0.25) is 5.02 Å². The van der Waals surface area contributed by atoms with E-state index in [1.54, 1.807) is 18.3 Å². The van der Waals surface area contributed by atoms with Gasteiger partial charge in [0.05, 0.1) is 10.8 Å². The number of piperazine rings is 1. The Hall–Kier alpha value is -1.79. The Bertz CT molecular complexity index is 708. The van der Waals surface area contributed by atoms with Gasteiger partial charge in [-0.2, -0.15) is 0 Å². The number of thioether (sulfide) groups is 1. The Kier molecular flexibility index (Phi) is 5.58. The molecule has 0 aliphatic carbocycles. The maximum Gasteiger partial charge on any atom is 0.233 e. The fourth-order valence-corrected chi connectivity index (χ4v) is 3.61. The molecule has 1 aromatic carbocycles. The minimum atomic E-state index is -0.446. The van der Waals surface area contributed by atoms with Crippen LogP contribution in [0.5, 0.6) is 0 Å². The van der Waals surface area contributed by atoms with E-state index in [0.29, 0.717) is 18.8 Å². The van der Waals surface area contributed by atoms with Gasteiger partial charge in [0, 0.05) is 37.3 Å². The Morgan fingerprint density at radius 3 is 2.67 bits per heavy atom. The van der Waals surface area contributed by atoms with Gasteiger partial charge in [-0.25, -0.2) is 9.37 Å². The third-order valence-corrected chi connectivity index (χ3v) is 5.13. The number of amides is 1. The highest BCUT2D eigenvalue weighted by Crippen LogP contribution is 2.24. The topological polar surface area (TPSA) is 36.4 Å². The first-order valence-electron chi connectivity index (χ1n) is 7.65. The maximum atomic E-state index is 13.1. The van der Waals surface area contributed by atoms with Gasteiger partial charge in [-0.3, -0.25) is 4.79 Å². The first-order chi connectivity index (χ1) is 11.6. The fourth-order valence-electron chi connectivity index (χ4n) is 2.53. The van der Waals surface area contributed by atoms with Crippen molar-refractivity contribution in [2.75, 3.05) is 36.8 Å². The Balaban J connectivity index is 1.49. The summed E-state index contributed by atoms with van der Waals surface area (Å²) in [6, 6.07) is 10.3. The molecule has 1 aromatic heterocycles. The molecule has 1 amide bonds. The van der Waals surface area contributed by atoms with Gasteiger partial charge in [0.25, 0.3) is 0 Å². The highest BCUT2D eigenvalue weighted by Gasteiger charge is 2.21. The number of nitrogens with zero attached hydrogens (tertiary/aromatic N) is 3. The quantitative estimate of drug-likeness (QED) is 0.779. The van der Waals surface area contributed by atoms with Crippen LogP contribution < -0.4 is 4.90 Å². The van der Waals surface area contributed by atoms with E-state index in [0.717, 1.165) is 23.8 Å². The van der Waals surface area contributed by atoms with E-state index < -0.39 is 5.82 Å². The number of rotatable bonds is 4. The van der Waals surface area contributed by atoms with Crippen LogP contribution in [0.4, 0.5) is 10.2 Å². The second-order valence-electron chi connectivity index (χ2n) is 5.42. The van der Waals surface area contributed by atoms with Crippen molar-refractivity contribution in [2.45, 2.75) is 4.90 Å². The average molecular weight is 366 g/mol. The number of halogens is 2. The van der Waals surface area contributed by atoms with Crippen molar-refractivity contribution < 1.29 is 9.18 Å². The third-order valence-electron chi connectivity index (χ3n) is 3.86. The smallest absolute Gasteiger partial charge is 0.233 e. The zero-order chi connectivity index (χ0) is 16.9. The summed E-state index contributed by atoms with van der Waals surface area (Å²) >= 11 is 7.13. The predicted molar refractivity (Wildman–Crippen MR) is 95.2 cm³/mol. The van der Waals surface area contributed by atoms with Crippen molar-refractivity contribution in [2.24, 2.45) is 0 Å². The van der Waals surface area contributed by atoms with Crippen molar-refractivity contribution in [3.05, 3.63) is 53.4 Å². The average Bonchev–Trinajstić information content (AvgIpc) is 2.63. The molecule has 1 saturated heterocycles. The van der Waals surface area contributed by atoms with Crippen LogP contribution in [0, 0.1) is 5.82 Å². The number of carbonyl (C=O) groups is 1. The molecular weight excluding hydrogens is 349 g/mol. The molecular formula is C17H17ClFN3OS. The van der Waals surface area contributed by atoms with Crippen molar-refractivity contribution in [1.29, 1.82) is 0 Å². The molecule has 1 aliphatic rings. The predicted octanol–water partition coefficient (Wildman–Crippen LogP) is 3.32. The van der Waals surface area contributed by atoms with Gasteiger partial charge >= 0.3 is 0 Å². The van der Waals surface area contributed by atoms with Crippen LogP contribution >= 0.6 is 23.4 Å². The van der Waals surface area contributed by atoms with Crippen LogP contribution in [0.3, 0.4) is 0 Å². The molecule has 4 nitrogen and oxygen atoms in total. The zero-order valence-electron chi connectivity index (χ0n) is 13.0. The summed E-state index contributed by atoms with van der Waals surface area (Å²) in [7, 11) is 0. The van der Waals surface area contributed by atoms with Crippen LogP contribution in [-0.2, 0) is 4.79 Å². The van der Waals surface area contributed by atoms with Gasteiger partial charge in [0.2, 0.25) is 5.91 Å². The highest BCUT2D eigenvalue weighted by molar-refractivity contribution is 8.00. The van der Waals surface area contributed by atoms with Gasteiger partial charge in [-0.1, -0.05) is 17.7 Å². The molecule has 2 aromatic rings. The second kappa shape index (κ2) is 7.85. The number of pyridine rings is 1. The number of aromatic nitrogens is 1. The molecule has 2 heterocycles. The molecule has 1 aliphatic heterocycles. The first-order valence-corrected chi connectivity index (χ1v) is 9.01. The van der Waals surface area contributed by atoms with Crippen LogP contribution in [0.25, 0.3) is 0 Å². The lowest BCUT2D eigenvalue weighted by atomic mass is 10.3. The van der Waals surface area contributed by atoms with E-state index in [-0.39, 0.29) is 10.9 Å². The van der Waals surface area contributed by atoms with Gasteiger partial charge in [0.1, 0.15) is 11.6 Å². The molecule has 7 heteroatoms. The van der Waals surface area contributed by atoms with Gasteiger partial charge < -0.3 is 9.80 Å². The summed E-state index contributed by atoms with van der Waals surface area (Å²) in [6.45, 7) is 2.91. The lowest BCUT2D eigenvalue weighted by Crippen LogP contribution is -2.49. The van der Waals surface area contributed by atoms with E-state index >= 15 is 0 Å². The fraction of sp³-hybridized carbons (Fsp3) is 0.294. The normalized spacial score (nSPS) is 14.8. The van der Waals surface area contributed by atoms with Crippen LogP contribution in [-0.4, -0.2) is 47.7 Å². The molecule has 3 rings (SSSR count). The summed E-state index contributed by atoms with van der Waals surface area (Å²) in [5.74, 6) is 0.907. The van der Waals surface area contributed by atoms with Crippen LogP contribution in [0.15, 0.2) is 47.5 Å². The lowest BCUT2D eigenvalue weighted by Gasteiger charge is -2.35. The Labute approximate surface area is 149 Å². The second-order valence-corrected chi connectivity index (χ2v) is 6.88. The van der Waals surface area contributed by atoms with E-state index in [9.17, 15) is 9.18 Å². The van der Waals surface area contributed by atoms with Crippen molar-refractivity contribution in [1.82, 2.24) is 9.88 Å². The van der Waals surface area contributed by atoms with Gasteiger partial charge in [-0.05, 0) is 30.3 Å². The summed E-state index contributed by atoms with van der Waals surface area (Å²) in [4.78, 5) is 21.5. The molecule has 0 radical (unpaired) electrons. The van der Waals surface area contributed by atoms with E-state index in [4.69, 9.17) is 11.6 Å². The molecule has 0 spiro atoms. The Morgan fingerprint density at radius 2 is 2.00 bits per heavy atom. The maximum absolute atomic E-state index is 13.1. The van der Waals surface area contributed by atoms with Crippen molar-refractivity contribution in [3.63, 3.8) is 0 Å². The van der Waals surface area contributed by atoms with Gasteiger partial charge in [0.15, 0.2) is 0 Å². The first kappa shape index (κ1) is 17.0. The monoisotopic (exact) mass is 365 g/mol. The molecule has 0 N–H and O–H groups in total. The largest absolute Gasteiger partial charge is 0.353 e. The van der Waals surface area contributed by atoms with Crippen LogP contribution in [0.1, 0.15) is 0 Å². The third kappa shape index (κ3) is 4.19. The Morgan fingerprint density at radius 1 is 1.21 bits per heavy atom. The molecule has 24 heavy (non-hydrogen) atoms. The minimum Gasteiger partial charge on any atom is -0.353 e. The SMILES string of the molecule is O=C(CSc1ccc(F)c(Cl)c1)N1CCN(c2ccccn2)CC1. The number of hydrogen-bond acceptors (Lipinski definition) is 4. The standard InChI is InChI=1S/C17H17ClFN3OS/c18-14-11-13(4-5-15(14)19)24-12-17(23)22-9-7-21(8-10-22)16-3-1-2-6-20-16/h1-6,11H,7-10,12H2. The molecule has 0 bridgehead atoms. The number of hydrogen-bond donors (Lipinski definition) is 0. The molecule has 0 atom stereocenters. The van der Waals surface area contributed by atoms with Crippen molar-refractivity contribution in [3.8, 4) is 0 Å². The van der Waals surface area contributed by atoms with E-state index in [1.807, 2.05) is 23.1 Å². The summed E-state index contributed by atoms with van der Waals surface area (Å²) in [6.07, 6.45) is 1.78. The van der Waals surface area contributed by atoms with Gasteiger partial charge in [-0.15, -0.1) is 11.8 Å². The molecule has 126 valence electrons. The summed E-state index contributed by atoms with van der Waals surface area (Å²) in [5.41, 5.74) is 0. The highest BCUT2D eigenvalue weighted by atomic mass is 35.5. The summed E-state index contributed by atoms with van der Waals surface area (Å²) < 4.78 is 13.1.